The summed E-state index contributed by atoms with van der Waals surface area (Å²) >= 11 is 1.14. The van der Waals surface area contributed by atoms with Gasteiger partial charge >= 0.3 is 0 Å². The first-order valence-electron chi connectivity index (χ1n) is 10.3. The number of aromatic nitrogens is 1. The molecule has 1 heterocycles. The van der Waals surface area contributed by atoms with E-state index in [1.54, 1.807) is 17.3 Å². The normalized spacial score (nSPS) is 11.2. The number of carbonyl (C=O) groups is 2. The van der Waals surface area contributed by atoms with E-state index >= 15 is 0 Å². The highest BCUT2D eigenvalue weighted by Gasteiger charge is 2.21. The van der Waals surface area contributed by atoms with Gasteiger partial charge in [0.1, 0.15) is 11.4 Å². The zero-order chi connectivity index (χ0) is 24.0. The van der Waals surface area contributed by atoms with Crippen molar-refractivity contribution in [2.75, 3.05) is 39.7 Å². The van der Waals surface area contributed by atoms with E-state index in [4.69, 9.17) is 9.47 Å². The molecule has 0 atom stereocenters. The van der Waals surface area contributed by atoms with E-state index < -0.39 is 5.91 Å². The Bertz CT molecular complexity index is 936. The monoisotopic (exact) mass is 464 g/mol. The molecule has 1 aromatic heterocycles. The Morgan fingerprint density at radius 2 is 1.69 bits per heavy atom. The van der Waals surface area contributed by atoms with Gasteiger partial charge < -0.3 is 19.5 Å². The molecule has 32 heavy (non-hydrogen) atoms. The average Bonchev–Trinajstić information content (AvgIpc) is 3.20. The molecule has 0 saturated heterocycles. The number of aromatic hydroxyl groups is 1. The van der Waals surface area contributed by atoms with E-state index in [1.165, 1.54) is 26.4 Å². The lowest BCUT2D eigenvalue weighted by Gasteiger charge is -2.32. The number of thiazole rings is 1. The summed E-state index contributed by atoms with van der Waals surface area (Å²) in [6, 6.07) is 3.45. The van der Waals surface area contributed by atoms with Crippen molar-refractivity contribution in [3.05, 3.63) is 28.8 Å². The van der Waals surface area contributed by atoms with Gasteiger partial charge in [-0.25, -0.2) is 4.98 Å². The molecule has 1 aromatic carbocycles. The number of likely N-dealkylation sites (N-methyl/N-ethyl adjacent to an activating group) is 1. The van der Waals surface area contributed by atoms with Crippen LogP contribution in [0.15, 0.2) is 17.5 Å². The van der Waals surface area contributed by atoms with Crippen LogP contribution in [0.25, 0.3) is 0 Å². The lowest BCUT2D eigenvalue weighted by molar-refractivity contribution is 0.0749. The molecule has 0 bridgehead atoms. The van der Waals surface area contributed by atoms with Crippen molar-refractivity contribution in [1.82, 2.24) is 14.8 Å². The van der Waals surface area contributed by atoms with Gasteiger partial charge in [-0.2, -0.15) is 0 Å². The molecular weight excluding hydrogens is 432 g/mol. The first kappa shape index (κ1) is 25.4. The maximum absolute atomic E-state index is 12.7. The smallest absolute Gasteiger partial charge is 0.273 e. The van der Waals surface area contributed by atoms with Crippen molar-refractivity contribution in [2.24, 2.45) is 0 Å². The van der Waals surface area contributed by atoms with Crippen molar-refractivity contribution >= 4 is 28.3 Å². The summed E-state index contributed by atoms with van der Waals surface area (Å²) in [5, 5.41) is 14.6. The van der Waals surface area contributed by atoms with E-state index in [2.05, 4.69) is 42.9 Å². The van der Waals surface area contributed by atoms with Crippen molar-refractivity contribution in [3.8, 4) is 17.2 Å². The Hall–Kier alpha value is -2.85. The number of carbonyl (C=O) groups excluding carboxylic acids is 2. The maximum Gasteiger partial charge on any atom is 0.273 e. The summed E-state index contributed by atoms with van der Waals surface area (Å²) in [5.41, 5.74) is 0.260. The molecule has 0 radical (unpaired) electrons. The van der Waals surface area contributed by atoms with Gasteiger partial charge in [-0.05, 0) is 27.7 Å². The summed E-state index contributed by atoms with van der Waals surface area (Å²) in [6.07, 6.45) is 0. The molecule has 2 rings (SSSR count). The fraction of sp³-hybridized carbons (Fsp3) is 0.500. The summed E-state index contributed by atoms with van der Waals surface area (Å²) in [7, 11) is 4.61. The number of methoxy groups -OCH3 is 2. The van der Waals surface area contributed by atoms with Gasteiger partial charge in [0.25, 0.3) is 11.8 Å². The molecule has 0 aliphatic carbocycles. The van der Waals surface area contributed by atoms with Gasteiger partial charge in [-0.1, -0.05) is 0 Å². The number of ether oxygens (including phenoxy) is 2. The maximum atomic E-state index is 12.7. The third-order valence-electron chi connectivity index (χ3n) is 5.06. The number of hydrogen-bond acceptors (Lipinski definition) is 8. The largest absolute Gasteiger partial charge is 0.507 e. The number of benzene rings is 1. The second kappa shape index (κ2) is 11.1. The Kier molecular flexibility index (Phi) is 8.85. The van der Waals surface area contributed by atoms with E-state index in [1.807, 2.05) is 0 Å². The van der Waals surface area contributed by atoms with Crippen molar-refractivity contribution in [1.29, 1.82) is 0 Å². The Balaban J connectivity index is 2.06. The van der Waals surface area contributed by atoms with Gasteiger partial charge in [-0.15, -0.1) is 11.3 Å². The summed E-state index contributed by atoms with van der Waals surface area (Å²) < 4.78 is 10.3. The number of nitrogens with one attached hydrogen (secondary N) is 1. The summed E-state index contributed by atoms with van der Waals surface area (Å²) in [6.45, 7) is 9.85. The van der Waals surface area contributed by atoms with Crippen LogP contribution in [-0.4, -0.2) is 78.1 Å². The fourth-order valence-electron chi connectivity index (χ4n) is 3.32. The molecule has 176 valence electrons. The molecule has 2 aromatic rings. The molecular formula is C22H32N4O5S. The molecule has 0 aliphatic rings. The third kappa shape index (κ3) is 6.10. The van der Waals surface area contributed by atoms with Crippen LogP contribution in [0.3, 0.4) is 0 Å². The van der Waals surface area contributed by atoms with Crippen molar-refractivity contribution in [2.45, 2.75) is 39.8 Å². The zero-order valence-corrected chi connectivity index (χ0v) is 20.4. The first-order valence-corrected chi connectivity index (χ1v) is 11.2. The molecule has 0 unspecified atom stereocenters. The minimum absolute atomic E-state index is 0.00491. The minimum Gasteiger partial charge on any atom is -0.507 e. The summed E-state index contributed by atoms with van der Waals surface area (Å²) in [5.74, 6) is -0.436. The van der Waals surface area contributed by atoms with E-state index in [0.717, 1.165) is 17.9 Å². The lowest BCUT2D eigenvalue weighted by atomic mass is 10.1. The number of anilines is 1. The number of rotatable bonds is 10. The van der Waals surface area contributed by atoms with E-state index in [-0.39, 0.29) is 28.0 Å². The summed E-state index contributed by atoms with van der Waals surface area (Å²) in [4.78, 5) is 33.5. The topological polar surface area (TPSA) is 104 Å². The molecule has 0 fully saturated rings. The SMILES string of the molecule is COc1cc(O)c(C(=O)Nc2nc(C(=O)N(C)CCN(C(C)C)C(C)C)cs2)cc1OC. The van der Waals surface area contributed by atoms with Crippen molar-refractivity contribution < 1.29 is 24.2 Å². The van der Waals surface area contributed by atoms with Crippen LogP contribution in [0.1, 0.15) is 48.5 Å². The molecule has 0 saturated carbocycles. The molecule has 0 aliphatic heterocycles. The van der Waals surface area contributed by atoms with Gasteiger partial charge in [0.2, 0.25) is 0 Å². The number of phenols is 1. The Morgan fingerprint density at radius 3 is 2.25 bits per heavy atom. The van der Waals surface area contributed by atoms with E-state index in [9.17, 15) is 14.7 Å². The fourth-order valence-corrected chi connectivity index (χ4v) is 4.00. The second-order valence-electron chi connectivity index (χ2n) is 7.87. The van der Waals surface area contributed by atoms with Crippen LogP contribution in [-0.2, 0) is 0 Å². The number of hydrogen-bond donors (Lipinski definition) is 2. The van der Waals surface area contributed by atoms with Gasteiger partial charge in [0, 0.05) is 49.7 Å². The van der Waals surface area contributed by atoms with Crippen LogP contribution >= 0.6 is 11.3 Å². The predicted molar refractivity (Wildman–Crippen MR) is 125 cm³/mol. The van der Waals surface area contributed by atoms with Crippen LogP contribution in [0, 0.1) is 0 Å². The minimum atomic E-state index is -0.574. The second-order valence-corrected chi connectivity index (χ2v) is 8.73. The van der Waals surface area contributed by atoms with Gasteiger partial charge in [-0.3, -0.25) is 19.8 Å². The lowest BCUT2D eigenvalue weighted by Crippen LogP contribution is -2.43. The number of amides is 2. The van der Waals surface area contributed by atoms with Gasteiger partial charge in [0.05, 0.1) is 19.8 Å². The zero-order valence-electron chi connectivity index (χ0n) is 19.6. The Labute approximate surface area is 193 Å². The van der Waals surface area contributed by atoms with Gasteiger partial charge in [0.15, 0.2) is 16.6 Å². The molecule has 10 heteroatoms. The molecule has 2 amide bonds. The van der Waals surface area contributed by atoms with Crippen molar-refractivity contribution in [3.63, 3.8) is 0 Å². The average molecular weight is 465 g/mol. The van der Waals surface area contributed by atoms with Crippen LogP contribution in [0.4, 0.5) is 5.13 Å². The highest BCUT2D eigenvalue weighted by Crippen LogP contribution is 2.34. The molecule has 9 nitrogen and oxygen atoms in total. The number of phenolic OH excluding ortho intramolecular Hbond substituents is 1. The van der Waals surface area contributed by atoms with E-state index in [0.29, 0.717) is 30.1 Å². The Morgan fingerprint density at radius 1 is 1.09 bits per heavy atom. The highest BCUT2D eigenvalue weighted by molar-refractivity contribution is 7.14. The first-order chi connectivity index (χ1) is 15.1. The highest BCUT2D eigenvalue weighted by atomic mass is 32.1. The predicted octanol–water partition coefficient (Wildman–Crippen LogP) is 3.31. The molecule has 2 N–H and O–H groups in total. The quantitative estimate of drug-likeness (QED) is 0.556. The molecule has 0 spiro atoms. The standard InChI is InChI=1S/C22H32N4O5S/c1-13(2)26(14(3)4)9-8-25(5)21(29)16-12-32-22(23-16)24-20(28)15-10-18(30-6)19(31-7)11-17(15)27/h10-14,27H,8-9H2,1-7H3,(H,23,24,28). The number of nitrogens with zero attached hydrogens (tertiary/aromatic N) is 3. The van der Waals surface area contributed by atoms with Crippen LogP contribution in [0.5, 0.6) is 17.2 Å². The van der Waals surface area contributed by atoms with Crippen LogP contribution < -0.4 is 14.8 Å². The van der Waals surface area contributed by atoms with Crippen LogP contribution in [0.2, 0.25) is 0 Å². The third-order valence-corrected chi connectivity index (χ3v) is 5.81.